The Morgan fingerprint density at radius 1 is 1.57 bits per heavy atom. The van der Waals surface area contributed by atoms with E-state index in [2.05, 4.69) is 4.74 Å². The van der Waals surface area contributed by atoms with Crippen molar-refractivity contribution >= 4 is 16.0 Å². The van der Waals surface area contributed by atoms with Gasteiger partial charge < -0.3 is 9.84 Å². The molecule has 0 saturated heterocycles. The molecule has 1 N–H and O–H groups in total. The lowest BCUT2D eigenvalue weighted by Gasteiger charge is -2.17. The first kappa shape index (κ1) is 13.3. The second kappa shape index (κ2) is 5.28. The molecular weight excluding hydrogens is 210 g/mol. The van der Waals surface area contributed by atoms with E-state index in [0.29, 0.717) is 0 Å². The molecule has 0 aromatic heterocycles. The Balaban J connectivity index is 4.39. The zero-order valence-electron chi connectivity index (χ0n) is 8.43. The summed E-state index contributed by atoms with van der Waals surface area (Å²) < 4.78 is 27.9. The normalized spacial score (nSPS) is 14.1. The van der Waals surface area contributed by atoms with Crippen molar-refractivity contribution in [3.63, 3.8) is 0 Å². The molecule has 0 rings (SSSR count). The molecule has 0 aliphatic heterocycles. The zero-order valence-corrected chi connectivity index (χ0v) is 9.24. The molecule has 0 aromatic rings. The molecule has 0 amide bonds. The van der Waals surface area contributed by atoms with Gasteiger partial charge in [-0.15, -0.1) is 0 Å². The number of hydrogen-bond donors (Lipinski definition) is 1. The Kier molecular flexibility index (Phi) is 5.03. The molecule has 0 saturated carbocycles. The number of hydrogen-bond acceptors (Lipinski definition) is 5. The van der Waals surface area contributed by atoms with Crippen LogP contribution in [0.2, 0.25) is 0 Å². The van der Waals surface area contributed by atoms with Crippen LogP contribution in [0.15, 0.2) is 0 Å². The number of carbonyl (C=O) groups is 1. The van der Waals surface area contributed by atoms with Crippen molar-refractivity contribution in [3.8, 4) is 0 Å². The van der Waals surface area contributed by atoms with Crippen molar-refractivity contribution in [2.75, 3.05) is 26.5 Å². The van der Waals surface area contributed by atoms with E-state index in [9.17, 15) is 13.2 Å². The minimum atomic E-state index is -3.67. The molecule has 0 aliphatic rings. The third-order valence-electron chi connectivity index (χ3n) is 1.52. The Labute approximate surface area is 83.5 Å². The number of ether oxygens (including phenoxy) is 1. The zero-order chi connectivity index (χ0) is 11.4. The molecule has 0 radical (unpaired) electrons. The summed E-state index contributed by atoms with van der Waals surface area (Å²) in [5, 5.41) is 8.96. The van der Waals surface area contributed by atoms with Crippen LogP contribution >= 0.6 is 0 Å². The van der Waals surface area contributed by atoms with E-state index in [0.717, 1.165) is 11.4 Å². The van der Waals surface area contributed by atoms with Gasteiger partial charge in [-0.1, -0.05) is 0 Å². The van der Waals surface area contributed by atoms with E-state index in [-0.39, 0.29) is 6.54 Å². The molecule has 0 fully saturated rings. The molecule has 1 atom stereocenters. The number of nitrogens with zero attached hydrogens (tertiary/aromatic N) is 1. The van der Waals surface area contributed by atoms with Gasteiger partial charge in [0.25, 0.3) is 0 Å². The standard InChI is InChI=1S/C7H15NO5S/c1-6(9)4-8(2)14(11,12)5-7(10)13-3/h6,9H,4-5H2,1-3H3. The first-order chi connectivity index (χ1) is 6.29. The number of aliphatic hydroxyl groups excluding tert-OH is 1. The van der Waals surface area contributed by atoms with E-state index in [4.69, 9.17) is 5.11 Å². The summed E-state index contributed by atoms with van der Waals surface area (Å²) in [6.45, 7) is 1.42. The number of esters is 1. The molecule has 84 valence electrons. The van der Waals surface area contributed by atoms with Crippen molar-refractivity contribution in [2.45, 2.75) is 13.0 Å². The van der Waals surface area contributed by atoms with Gasteiger partial charge in [0.15, 0.2) is 5.75 Å². The van der Waals surface area contributed by atoms with Crippen LogP contribution in [0.25, 0.3) is 0 Å². The first-order valence-corrected chi connectivity index (χ1v) is 5.59. The van der Waals surface area contributed by atoms with Gasteiger partial charge in [-0.3, -0.25) is 4.79 Å². The van der Waals surface area contributed by atoms with E-state index in [1.165, 1.54) is 14.0 Å². The lowest BCUT2D eigenvalue weighted by atomic mass is 10.4. The van der Waals surface area contributed by atoms with Crippen molar-refractivity contribution in [2.24, 2.45) is 0 Å². The van der Waals surface area contributed by atoms with Crippen LogP contribution < -0.4 is 0 Å². The van der Waals surface area contributed by atoms with Gasteiger partial charge >= 0.3 is 5.97 Å². The van der Waals surface area contributed by atoms with Crippen LogP contribution in [0.5, 0.6) is 0 Å². The molecule has 0 aromatic carbocycles. The Morgan fingerprint density at radius 2 is 2.07 bits per heavy atom. The van der Waals surface area contributed by atoms with Crippen LogP contribution in [0.4, 0.5) is 0 Å². The second-order valence-electron chi connectivity index (χ2n) is 2.96. The highest BCUT2D eigenvalue weighted by Crippen LogP contribution is 2.00. The molecule has 0 aliphatic carbocycles. The topological polar surface area (TPSA) is 83.9 Å². The summed E-state index contributed by atoms with van der Waals surface area (Å²) in [6.07, 6.45) is -0.771. The SMILES string of the molecule is COC(=O)CS(=O)(=O)N(C)CC(C)O. The lowest BCUT2D eigenvalue weighted by molar-refractivity contribution is -0.137. The molecule has 6 nitrogen and oxygen atoms in total. The smallest absolute Gasteiger partial charge is 0.322 e. The third kappa shape index (κ3) is 4.54. The van der Waals surface area contributed by atoms with Crippen molar-refractivity contribution < 1.29 is 23.1 Å². The fourth-order valence-electron chi connectivity index (χ4n) is 0.804. The summed E-state index contributed by atoms with van der Waals surface area (Å²) >= 11 is 0. The molecule has 0 bridgehead atoms. The van der Waals surface area contributed by atoms with Crippen LogP contribution in [0.1, 0.15) is 6.92 Å². The fourth-order valence-corrected chi connectivity index (χ4v) is 1.88. The second-order valence-corrected chi connectivity index (χ2v) is 5.04. The number of carbonyl (C=O) groups excluding carboxylic acids is 1. The van der Waals surface area contributed by atoms with Gasteiger partial charge in [0.05, 0.1) is 13.2 Å². The Bertz CT molecular complexity index is 284. The minimum Gasteiger partial charge on any atom is -0.468 e. The molecule has 1 unspecified atom stereocenters. The molecule has 0 spiro atoms. The summed E-state index contributed by atoms with van der Waals surface area (Å²) in [4.78, 5) is 10.7. The van der Waals surface area contributed by atoms with Crippen molar-refractivity contribution in [1.82, 2.24) is 4.31 Å². The van der Waals surface area contributed by atoms with E-state index >= 15 is 0 Å². The van der Waals surface area contributed by atoms with Crippen LogP contribution in [0.3, 0.4) is 0 Å². The summed E-state index contributed by atoms with van der Waals surface area (Å²) in [5.41, 5.74) is 0. The van der Waals surface area contributed by atoms with E-state index in [1.807, 2.05) is 0 Å². The maximum Gasteiger partial charge on any atom is 0.322 e. The van der Waals surface area contributed by atoms with Crippen molar-refractivity contribution in [1.29, 1.82) is 0 Å². The predicted octanol–water partition coefficient (Wildman–Crippen LogP) is -1.20. The average Bonchev–Trinajstić information content (AvgIpc) is 2.02. The summed E-state index contributed by atoms with van der Waals surface area (Å²) in [5.74, 6) is -1.52. The van der Waals surface area contributed by atoms with Gasteiger partial charge in [-0.2, -0.15) is 0 Å². The summed E-state index contributed by atoms with van der Waals surface area (Å²) in [7, 11) is -1.25. The average molecular weight is 225 g/mol. The molecule has 7 heteroatoms. The van der Waals surface area contributed by atoms with Gasteiger partial charge in [-0.25, -0.2) is 12.7 Å². The van der Waals surface area contributed by atoms with E-state index in [1.54, 1.807) is 0 Å². The van der Waals surface area contributed by atoms with E-state index < -0.39 is 27.8 Å². The van der Waals surface area contributed by atoms with Crippen molar-refractivity contribution in [3.05, 3.63) is 0 Å². The minimum absolute atomic E-state index is 0.0423. The maximum absolute atomic E-state index is 11.3. The summed E-state index contributed by atoms with van der Waals surface area (Å²) in [6, 6.07) is 0. The number of sulfonamides is 1. The van der Waals surface area contributed by atoms with Gasteiger partial charge in [-0.05, 0) is 6.92 Å². The Morgan fingerprint density at radius 3 is 2.43 bits per heavy atom. The highest BCUT2D eigenvalue weighted by Gasteiger charge is 2.23. The number of rotatable bonds is 5. The molecule has 14 heavy (non-hydrogen) atoms. The lowest BCUT2D eigenvalue weighted by Crippen LogP contribution is -2.37. The maximum atomic E-state index is 11.3. The third-order valence-corrected chi connectivity index (χ3v) is 3.22. The van der Waals surface area contributed by atoms with Gasteiger partial charge in [0.2, 0.25) is 10.0 Å². The fraction of sp³-hybridized carbons (Fsp3) is 0.857. The highest BCUT2D eigenvalue weighted by atomic mass is 32.2. The quantitative estimate of drug-likeness (QED) is 0.594. The largest absolute Gasteiger partial charge is 0.468 e. The van der Waals surface area contributed by atoms with Crippen LogP contribution in [-0.4, -0.2) is 56.4 Å². The highest BCUT2D eigenvalue weighted by molar-refractivity contribution is 7.89. The Hall–Kier alpha value is -0.660. The van der Waals surface area contributed by atoms with Gasteiger partial charge in [0, 0.05) is 13.6 Å². The molecular formula is C7H15NO5S. The monoisotopic (exact) mass is 225 g/mol. The number of aliphatic hydroxyl groups is 1. The number of likely N-dealkylation sites (N-methyl/N-ethyl adjacent to an activating group) is 1. The van der Waals surface area contributed by atoms with Crippen LogP contribution in [-0.2, 0) is 19.6 Å². The van der Waals surface area contributed by atoms with Crippen LogP contribution in [0, 0.1) is 0 Å². The predicted molar refractivity (Wildman–Crippen MR) is 50.1 cm³/mol. The van der Waals surface area contributed by atoms with Gasteiger partial charge in [0.1, 0.15) is 0 Å². The molecule has 0 heterocycles. The number of methoxy groups -OCH3 is 1. The first-order valence-electron chi connectivity index (χ1n) is 3.98.